The van der Waals surface area contributed by atoms with Gasteiger partial charge >= 0.3 is 0 Å². The highest BCUT2D eigenvalue weighted by Crippen LogP contribution is 2.48. The zero-order valence-corrected chi connectivity index (χ0v) is 13.4. The van der Waals surface area contributed by atoms with Crippen LogP contribution in [0.5, 0.6) is 5.75 Å². The van der Waals surface area contributed by atoms with Crippen LogP contribution < -0.4 is 0 Å². The number of phenolic OH excluding ortho intramolecular Hbond substituents is 1. The van der Waals surface area contributed by atoms with Crippen LogP contribution in [0.1, 0.15) is 28.4 Å². The molecule has 0 saturated heterocycles. The van der Waals surface area contributed by atoms with E-state index >= 15 is 0 Å². The number of nitrogens with zero attached hydrogens (tertiary/aromatic N) is 2. The van der Waals surface area contributed by atoms with E-state index in [2.05, 4.69) is 9.98 Å². The molecule has 24 heavy (non-hydrogen) atoms. The number of aliphatic imine (C=N–C) groups is 2. The molecule has 0 saturated carbocycles. The number of hydrogen-bond donors (Lipinski definition) is 1. The van der Waals surface area contributed by atoms with Crippen LogP contribution in [-0.2, 0) is 0 Å². The van der Waals surface area contributed by atoms with Gasteiger partial charge in [-0.15, -0.1) is 0 Å². The van der Waals surface area contributed by atoms with Crippen LogP contribution in [0, 0.1) is 0 Å². The van der Waals surface area contributed by atoms with Gasteiger partial charge in [0.15, 0.2) is 5.17 Å². The van der Waals surface area contributed by atoms with Gasteiger partial charge in [0.25, 0.3) is 0 Å². The SMILES string of the molecule is Oc1ccccc1C=NC1=N[C@H](c2ccco2)[C@@H](c2ccco2)S1. The van der Waals surface area contributed by atoms with Crippen LogP contribution in [0.15, 0.2) is 79.9 Å². The van der Waals surface area contributed by atoms with Crippen molar-refractivity contribution >= 4 is 23.1 Å². The number of phenols is 1. The molecule has 2 atom stereocenters. The molecule has 1 N–H and O–H groups in total. The fraction of sp³-hybridized carbons (Fsp3) is 0.111. The second-order valence-electron chi connectivity index (χ2n) is 5.24. The van der Waals surface area contributed by atoms with Crippen LogP contribution in [0.3, 0.4) is 0 Å². The number of aromatic hydroxyl groups is 1. The first kappa shape index (κ1) is 14.8. The van der Waals surface area contributed by atoms with Crippen LogP contribution >= 0.6 is 11.8 Å². The fourth-order valence-corrected chi connectivity index (χ4v) is 3.61. The van der Waals surface area contributed by atoms with Crippen molar-refractivity contribution in [3.8, 4) is 5.75 Å². The second-order valence-corrected chi connectivity index (χ2v) is 6.35. The summed E-state index contributed by atoms with van der Waals surface area (Å²) >= 11 is 1.52. The van der Waals surface area contributed by atoms with E-state index in [1.807, 2.05) is 30.3 Å². The summed E-state index contributed by atoms with van der Waals surface area (Å²) in [5.41, 5.74) is 0.650. The molecule has 5 nitrogen and oxygen atoms in total. The van der Waals surface area contributed by atoms with Crippen LogP contribution in [0.4, 0.5) is 0 Å². The van der Waals surface area contributed by atoms with E-state index in [1.54, 1.807) is 36.9 Å². The Morgan fingerprint density at radius 1 is 1.00 bits per heavy atom. The second kappa shape index (κ2) is 6.41. The summed E-state index contributed by atoms with van der Waals surface area (Å²) in [5, 5.41) is 10.4. The van der Waals surface area contributed by atoms with E-state index in [0.29, 0.717) is 10.7 Å². The molecule has 0 amide bonds. The smallest absolute Gasteiger partial charge is 0.184 e. The molecule has 0 spiro atoms. The van der Waals surface area contributed by atoms with Gasteiger partial charge in [-0.3, -0.25) is 0 Å². The normalized spacial score (nSPS) is 20.6. The van der Waals surface area contributed by atoms with Crippen LogP contribution in [0.2, 0.25) is 0 Å². The van der Waals surface area contributed by atoms with Crippen LogP contribution in [0.25, 0.3) is 0 Å². The van der Waals surface area contributed by atoms with Gasteiger partial charge in [-0.1, -0.05) is 23.9 Å². The largest absolute Gasteiger partial charge is 0.507 e. The van der Waals surface area contributed by atoms with Crippen molar-refractivity contribution in [2.75, 3.05) is 0 Å². The van der Waals surface area contributed by atoms with Crippen molar-refractivity contribution in [1.82, 2.24) is 0 Å². The average molecular weight is 338 g/mol. The van der Waals surface area contributed by atoms with Gasteiger partial charge < -0.3 is 13.9 Å². The van der Waals surface area contributed by atoms with Crippen molar-refractivity contribution in [2.45, 2.75) is 11.3 Å². The fourth-order valence-electron chi connectivity index (χ4n) is 2.52. The van der Waals surface area contributed by atoms with Gasteiger partial charge in [0.2, 0.25) is 0 Å². The average Bonchev–Trinajstić information content (AvgIpc) is 3.33. The summed E-state index contributed by atoms with van der Waals surface area (Å²) in [7, 11) is 0. The molecule has 4 rings (SSSR count). The molecule has 3 aromatic rings. The number of amidine groups is 1. The minimum atomic E-state index is -0.187. The molecule has 0 bridgehead atoms. The molecule has 2 aromatic heterocycles. The van der Waals surface area contributed by atoms with Gasteiger partial charge in [0.1, 0.15) is 28.6 Å². The maximum absolute atomic E-state index is 9.82. The molecule has 0 radical (unpaired) electrons. The first-order valence-corrected chi connectivity index (χ1v) is 8.32. The zero-order valence-electron chi connectivity index (χ0n) is 12.6. The van der Waals surface area contributed by atoms with Crippen molar-refractivity contribution in [1.29, 1.82) is 0 Å². The van der Waals surface area contributed by atoms with E-state index in [4.69, 9.17) is 8.83 Å². The minimum absolute atomic E-state index is 0.0253. The highest BCUT2D eigenvalue weighted by Gasteiger charge is 2.36. The Morgan fingerprint density at radius 3 is 2.46 bits per heavy atom. The lowest BCUT2D eigenvalue weighted by Gasteiger charge is -2.11. The summed E-state index contributed by atoms with van der Waals surface area (Å²) in [6.45, 7) is 0. The number of hydrogen-bond acceptors (Lipinski definition) is 6. The topological polar surface area (TPSA) is 71.2 Å². The number of benzene rings is 1. The zero-order chi connectivity index (χ0) is 16.4. The standard InChI is InChI=1S/C18H14N2O3S/c21-13-6-2-1-5-12(13)11-19-18-20-16(14-7-3-9-22-14)17(24-18)15-8-4-10-23-15/h1-11,16-17,21H/t16-,17-/m1/s1. The maximum Gasteiger partial charge on any atom is 0.184 e. The van der Waals surface area contributed by atoms with Crippen molar-refractivity contribution in [3.63, 3.8) is 0 Å². The molecule has 1 aliphatic heterocycles. The summed E-state index contributed by atoms with van der Waals surface area (Å²) in [6, 6.07) is 14.4. The summed E-state index contributed by atoms with van der Waals surface area (Å²) in [5.74, 6) is 1.80. The molecule has 1 aliphatic rings. The lowest BCUT2D eigenvalue weighted by Crippen LogP contribution is -1.99. The monoisotopic (exact) mass is 338 g/mol. The maximum atomic E-state index is 9.82. The first-order valence-electron chi connectivity index (χ1n) is 7.44. The molecular formula is C18H14N2O3S. The molecule has 3 heterocycles. The number of para-hydroxylation sites is 1. The van der Waals surface area contributed by atoms with Gasteiger partial charge in [-0.05, 0) is 36.4 Å². The predicted octanol–water partition coefficient (Wildman–Crippen LogP) is 4.58. The summed E-state index contributed by atoms with van der Waals surface area (Å²) in [4.78, 5) is 9.08. The highest BCUT2D eigenvalue weighted by molar-refractivity contribution is 8.14. The Balaban J connectivity index is 1.62. The van der Waals surface area contributed by atoms with E-state index < -0.39 is 0 Å². The molecule has 0 fully saturated rings. The third-order valence-electron chi connectivity index (χ3n) is 3.68. The minimum Gasteiger partial charge on any atom is -0.507 e. The molecule has 0 unspecified atom stereocenters. The van der Waals surface area contributed by atoms with Crippen molar-refractivity contribution in [3.05, 3.63) is 78.1 Å². The summed E-state index contributed by atoms with van der Waals surface area (Å²) in [6.07, 6.45) is 4.90. The van der Waals surface area contributed by atoms with Crippen LogP contribution in [-0.4, -0.2) is 16.5 Å². The molecule has 0 aliphatic carbocycles. The van der Waals surface area contributed by atoms with E-state index in [9.17, 15) is 5.11 Å². The van der Waals surface area contributed by atoms with Gasteiger partial charge in [0, 0.05) is 11.8 Å². The Hall–Kier alpha value is -2.73. The number of rotatable bonds is 3. The number of thioether (sulfide) groups is 1. The van der Waals surface area contributed by atoms with Crippen molar-refractivity contribution < 1.29 is 13.9 Å². The molecular weight excluding hydrogens is 324 g/mol. The molecule has 120 valence electrons. The number of furan rings is 2. The van der Waals surface area contributed by atoms with Gasteiger partial charge in [0.05, 0.1) is 12.5 Å². The lowest BCUT2D eigenvalue weighted by atomic mass is 10.1. The Labute approximate surface area is 142 Å². The summed E-state index contributed by atoms with van der Waals surface area (Å²) < 4.78 is 11.1. The third-order valence-corrected chi connectivity index (χ3v) is 4.84. The first-order chi connectivity index (χ1) is 11.8. The van der Waals surface area contributed by atoms with E-state index in [1.165, 1.54) is 11.8 Å². The van der Waals surface area contributed by atoms with Gasteiger partial charge in [-0.25, -0.2) is 9.98 Å². The lowest BCUT2D eigenvalue weighted by molar-refractivity contribution is 0.432. The Kier molecular flexibility index (Phi) is 3.96. The predicted molar refractivity (Wildman–Crippen MR) is 93.6 cm³/mol. The molecule has 1 aromatic carbocycles. The quantitative estimate of drug-likeness (QED) is 0.709. The van der Waals surface area contributed by atoms with Gasteiger partial charge in [-0.2, -0.15) is 0 Å². The molecule has 6 heteroatoms. The third kappa shape index (κ3) is 2.88. The van der Waals surface area contributed by atoms with Crippen molar-refractivity contribution in [2.24, 2.45) is 9.98 Å². The highest BCUT2D eigenvalue weighted by atomic mass is 32.2. The van der Waals surface area contributed by atoms with E-state index in [0.717, 1.165) is 11.5 Å². The van der Waals surface area contributed by atoms with E-state index in [-0.39, 0.29) is 17.0 Å². The Bertz CT molecular complexity index is 870. The Morgan fingerprint density at radius 2 is 1.75 bits per heavy atom.